The number of unbranched alkanes of at least 4 members (excludes halogenated alkanes) is 4. The third kappa shape index (κ3) is 11.6. The zero-order valence-corrected chi connectivity index (χ0v) is 25.2. The molecule has 0 aromatic heterocycles. The summed E-state index contributed by atoms with van der Waals surface area (Å²) in [5, 5.41) is 52.3. The molecular weight excluding hydrogens is 558 g/mol. The van der Waals surface area contributed by atoms with Crippen LogP contribution in [0.3, 0.4) is 0 Å². The van der Waals surface area contributed by atoms with Gasteiger partial charge in [-0.15, -0.1) is 0 Å². The van der Waals surface area contributed by atoms with Crippen molar-refractivity contribution in [1.29, 1.82) is 0 Å². The lowest BCUT2D eigenvalue weighted by molar-refractivity contribution is 0.0694. The zero-order chi connectivity index (χ0) is 31.6. The quantitative estimate of drug-likeness (QED) is 0.0768. The molecule has 0 radical (unpaired) electrons. The number of benzene rings is 4. The fourth-order valence-electron chi connectivity index (χ4n) is 4.83. The SMILES string of the molecule is O=C(O)c1ccc2ccccc2c1O.OCc1ccc(O)c(C(O)CNCCCCCCOCCCCc2ccccc2)c1. The third-order valence-corrected chi connectivity index (χ3v) is 7.34. The molecule has 4 aromatic carbocycles. The maximum Gasteiger partial charge on any atom is 0.339 e. The highest BCUT2D eigenvalue weighted by molar-refractivity contribution is 6.00. The lowest BCUT2D eigenvalue weighted by atomic mass is 10.0. The van der Waals surface area contributed by atoms with Gasteiger partial charge in [0.2, 0.25) is 0 Å². The first-order chi connectivity index (χ1) is 21.4. The molecule has 44 heavy (non-hydrogen) atoms. The van der Waals surface area contributed by atoms with Crippen LogP contribution in [0.1, 0.15) is 71.7 Å². The van der Waals surface area contributed by atoms with Gasteiger partial charge in [-0.05, 0) is 73.4 Å². The molecule has 0 heterocycles. The Labute approximate surface area is 259 Å². The highest BCUT2D eigenvalue weighted by Gasteiger charge is 2.13. The first-order valence-electron chi connectivity index (χ1n) is 15.3. The van der Waals surface area contributed by atoms with E-state index in [0.717, 1.165) is 63.7 Å². The fourth-order valence-corrected chi connectivity index (χ4v) is 4.83. The van der Waals surface area contributed by atoms with Crippen molar-refractivity contribution in [2.45, 2.75) is 57.7 Å². The van der Waals surface area contributed by atoms with Crippen LogP contribution in [0, 0.1) is 0 Å². The summed E-state index contributed by atoms with van der Waals surface area (Å²) in [7, 11) is 0. The van der Waals surface area contributed by atoms with Gasteiger partial charge in [-0.1, -0.05) is 79.6 Å². The Balaban J connectivity index is 0.000000312. The molecule has 0 saturated heterocycles. The Morgan fingerprint density at radius 1 is 0.773 bits per heavy atom. The predicted molar refractivity (Wildman–Crippen MR) is 173 cm³/mol. The molecule has 0 amide bonds. The lowest BCUT2D eigenvalue weighted by Crippen LogP contribution is -2.22. The maximum absolute atomic E-state index is 10.7. The van der Waals surface area contributed by atoms with E-state index in [4.69, 9.17) is 9.84 Å². The molecule has 4 aromatic rings. The van der Waals surface area contributed by atoms with Crippen LogP contribution in [0.5, 0.6) is 11.5 Å². The average Bonchev–Trinajstić information content (AvgIpc) is 3.04. The Hall–Kier alpha value is -3.95. The van der Waals surface area contributed by atoms with Gasteiger partial charge in [0, 0.05) is 30.7 Å². The van der Waals surface area contributed by atoms with E-state index in [1.165, 1.54) is 24.1 Å². The molecule has 1 atom stereocenters. The van der Waals surface area contributed by atoms with E-state index in [1.807, 2.05) is 12.1 Å². The largest absolute Gasteiger partial charge is 0.508 e. The molecule has 8 heteroatoms. The predicted octanol–water partition coefficient (Wildman–Crippen LogP) is 6.35. The molecule has 0 spiro atoms. The minimum absolute atomic E-state index is 0.0570. The highest BCUT2D eigenvalue weighted by Crippen LogP contribution is 2.28. The molecular formula is C36H45NO7. The summed E-state index contributed by atoms with van der Waals surface area (Å²) in [5.74, 6) is -1.23. The molecule has 236 valence electrons. The Bertz CT molecular complexity index is 1410. The number of rotatable bonds is 17. The summed E-state index contributed by atoms with van der Waals surface area (Å²) in [6, 6.07) is 25.6. The first-order valence-corrected chi connectivity index (χ1v) is 15.3. The number of phenolic OH excluding ortho intramolecular Hbond substituents is 1. The van der Waals surface area contributed by atoms with Gasteiger partial charge >= 0.3 is 5.97 Å². The van der Waals surface area contributed by atoms with E-state index in [-0.39, 0.29) is 23.7 Å². The van der Waals surface area contributed by atoms with Crippen LogP contribution in [0.2, 0.25) is 0 Å². The van der Waals surface area contributed by atoms with Crippen molar-refractivity contribution in [2.24, 2.45) is 0 Å². The van der Waals surface area contributed by atoms with Gasteiger partial charge in [0.15, 0.2) is 0 Å². The van der Waals surface area contributed by atoms with Crippen LogP contribution < -0.4 is 5.32 Å². The molecule has 0 aliphatic rings. The number of nitrogens with one attached hydrogen (secondary N) is 1. The molecule has 6 N–H and O–H groups in total. The van der Waals surface area contributed by atoms with Crippen LogP contribution in [0.25, 0.3) is 10.8 Å². The molecule has 1 unspecified atom stereocenters. The number of aliphatic hydroxyl groups is 2. The first kappa shape index (κ1) is 34.5. The summed E-state index contributed by atoms with van der Waals surface area (Å²) >= 11 is 0. The van der Waals surface area contributed by atoms with Gasteiger partial charge in [-0.3, -0.25) is 0 Å². The number of carbonyl (C=O) groups is 1. The Kier molecular flexibility index (Phi) is 15.2. The minimum atomic E-state index is -1.12. The van der Waals surface area contributed by atoms with E-state index >= 15 is 0 Å². The second-order valence-electron chi connectivity index (χ2n) is 10.7. The summed E-state index contributed by atoms with van der Waals surface area (Å²) in [5.41, 5.74) is 2.47. The highest BCUT2D eigenvalue weighted by atomic mass is 16.5. The zero-order valence-electron chi connectivity index (χ0n) is 25.2. The molecule has 0 saturated carbocycles. The smallest absolute Gasteiger partial charge is 0.339 e. The second kappa shape index (κ2) is 19.4. The van der Waals surface area contributed by atoms with Crippen molar-refractivity contribution in [3.63, 3.8) is 0 Å². The van der Waals surface area contributed by atoms with Crippen molar-refractivity contribution >= 4 is 16.7 Å². The number of aryl methyl sites for hydroxylation is 1. The number of aromatic carboxylic acids is 1. The number of phenols is 2. The van der Waals surface area contributed by atoms with Gasteiger partial charge in [0.1, 0.15) is 17.1 Å². The fraction of sp³-hybridized carbons (Fsp3) is 0.361. The van der Waals surface area contributed by atoms with Crippen molar-refractivity contribution < 1.29 is 35.1 Å². The van der Waals surface area contributed by atoms with Crippen molar-refractivity contribution in [3.8, 4) is 11.5 Å². The number of carboxylic acids is 1. The Morgan fingerprint density at radius 2 is 1.48 bits per heavy atom. The summed E-state index contributed by atoms with van der Waals surface area (Å²) < 4.78 is 5.72. The number of ether oxygens (including phenoxy) is 1. The maximum atomic E-state index is 10.7. The van der Waals surface area contributed by atoms with Crippen LogP contribution >= 0.6 is 0 Å². The number of hydrogen-bond donors (Lipinski definition) is 6. The van der Waals surface area contributed by atoms with Gasteiger partial charge in [0.25, 0.3) is 0 Å². The van der Waals surface area contributed by atoms with Crippen molar-refractivity contribution in [1.82, 2.24) is 5.32 Å². The second-order valence-corrected chi connectivity index (χ2v) is 10.7. The van der Waals surface area contributed by atoms with E-state index < -0.39 is 12.1 Å². The van der Waals surface area contributed by atoms with E-state index in [2.05, 4.69) is 35.6 Å². The van der Waals surface area contributed by atoms with E-state index in [0.29, 0.717) is 23.1 Å². The van der Waals surface area contributed by atoms with Crippen LogP contribution in [-0.2, 0) is 17.8 Å². The van der Waals surface area contributed by atoms with Crippen molar-refractivity contribution in [2.75, 3.05) is 26.3 Å². The number of aliphatic hydroxyl groups excluding tert-OH is 2. The van der Waals surface area contributed by atoms with E-state index in [1.54, 1.807) is 30.3 Å². The molecule has 8 nitrogen and oxygen atoms in total. The van der Waals surface area contributed by atoms with Gasteiger partial charge < -0.3 is 35.6 Å². The molecule has 0 aliphatic carbocycles. The average molecular weight is 604 g/mol. The van der Waals surface area contributed by atoms with E-state index in [9.17, 15) is 25.2 Å². The van der Waals surface area contributed by atoms with Gasteiger partial charge in [-0.25, -0.2) is 4.79 Å². The van der Waals surface area contributed by atoms with Gasteiger partial charge in [-0.2, -0.15) is 0 Å². The summed E-state index contributed by atoms with van der Waals surface area (Å²) in [4.78, 5) is 10.7. The third-order valence-electron chi connectivity index (χ3n) is 7.34. The number of aromatic hydroxyl groups is 2. The molecule has 0 aliphatic heterocycles. The van der Waals surface area contributed by atoms with Crippen LogP contribution in [0.4, 0.5) is 0 Å². The van der Waals surface area contributed by atoms with Gasteiger partial charge in [0.05, 0.1) is 12.7 Å². The Morgan fingerprint density at radius 3 is 2.23 bits per heavy atom. The number of carboxylic acid groups (broad SMARTS) is 1. The van der Waals surface area contributed by atoms with Crippen LogP contribution in [0.15, 0.2) is 84.9 Å². The van der Waals surface area contributed by atoms with Crippen molar-refractivity contribution in [3.05, 3.63) is 107 Å². The number of fused-ring (bicyclic) bond motifs is 1. The number of hydrogen-bond acceptors (Lipinski definition) is 7. The minimum Gasteiger partial charge on any atom is -0.508 e. The topological polar surface area (TPSA) is 139 Å². The molecule has 0 fully saturated rings. The normalized spacial score (nSPS) is 11.6. The molecule has 4 rings (SSSR count). The standard InChI is InChI=1S/C25H37NO4.C11H8O3/c27-20-22-13-14-24(28)23(18-22)25(29)19-26-15-7-1-2-8-16-30-17-9-6-12-21-10-4-3-5-11-21;12-10-8-4-2-1-3-7(8)5-6-9(10)11(13)14/h3-5,10-11,13-14,18,25-29H,1-2,6-9,12,15-17,19-20H2;1-6,12H,(H,13,14). The van der Waals surface area contributed by atoms with Crippen LogP contribution in [-0.4, -0.2) is 57.8 Å². The summed E-state index contributed by atoms with van der Waals surface area (Å²) in [6.07, 6.45) is 7.03. The lowest BCUT2D eigenvalue weighted by Gasteiger charge is -2.14. The monoisotopic (exact) mass is 603 g/mol. The summed E-state index contributed by atoms with van der Waals surface area (Å²) in [6.45, 7) is 2.78. The molecule has 0 bridgehead atoms.